The van der Waals surface area contributed by atoms with Gasteiger partial charge in [0.25, 0.3) is 0 Å². The minimum absolute atomic E-state index is 0.114. The van der Waals surface area contributed by atoms with Gasteiger partial charge in [0.2, 0.25) is 5.96 Å². The topological polar surface area (TPSA) is 89.3 Å². The largest absolute Gasteiger partial charge is 0.433 e. The highest BCUT2D eigenvalue weighted by atomic mass is 19.4. The summed E-state index contributed by atoms with van der Waals surface area (Å²) in [6, 6.07) is 1.95. The van der Waals surface area contributed by atoms with Gasteiger partial charge in [-0.3, -0.25) is 5.43 Å². The lowest BCUT2D eigenvalue weighted by Gasteiger charge is -2.04. The first-order valence-corrected chi connectivity index (χ1v) is 3.77. The SMILES string of the molecule is NNC(N)=Nc1ccc(C(F)(F)F)nc1. The third-order valence-electron chi connectivity index (χ3n) is 1.44. The van der Waals surface area contributed by atoms with Gasteiger partial charge in [0.1, 0.15) is 5.69 Å². The maximum Gasteiger partial charge on any atom is 0.433 e. The summed E-state index contributed by atoms with van der Waals surface area (Å²) in [5.74, 6) is 4.80. The van der Waals surface area contributed by atoms with Gasteiger partial charge in [-0.15, -0.1) is 0 Å². The second-order valence-corrected chi connectivity index (χ2v) is 2.54. The van der Waals surface area contributed by atoms with Gasteiger partial charge in [-0.1, -0.05) is 0 Å². The quantitative estimate of drug-likeness (QED) is 0.278. The van der Waals surface area contributed by atoms with Gasteiger partial charge >= 0.3 is 6.18 Å². The minimum atomic E-state index is -4.46. The summed E-state index contributed by atoms with van der Waals surface area (Å²) in [5, 5.41) is 0. The second kappa shape index (κ2) is 4.13. The fourth-order valence-corrected chi connectivity index (χ4v) is 0.791. The van der Waals surface area contributed by atoms with E-state index < -0.39 is 11.9 Å². The van der Waals surface area contributed by atoms with Crippen LogP contribution in [-0.2, 0) is 6.18 Å². The Morgan fingerprint density at radius 2 is 2.07 bits per heavy atom. The van der Waals surface area contributed by atoms with Crippen molar-refractivity contribution in [3.05, 3.63) is 24.0 Å². The highest BCUT2D eigenvalue weighted by Crippen LogP contribution is 2.28. The molecule has 0 aliphatic heterocycles. The maximum atomic E-state index is 12.1. The standard InChI is InChI=1S/C7H8F3N5/c8-7(9,10)5-2-1-4(3-13-5)14-6(11)15-12/h1-3H,12H2,(H3,11,14,15). The third-order valence-corrected chi connectivity index (χ3v) is 1.44. The summed E-state index contributed by atoms with van der Waals surface area (Å²) < 4.78 is 36.3. The number of nitrogens with one attached hydrogen (secondary N) is 1. The molecule has 0 unspecified atom stereocenters. The van der Waals surface area contributed by atoms with Crippen LogP contribution in [0.2, 0.25) is 0 Å². The van der Waals surface area contributed by atoms with Crippen molar-refractivity contribution in [1.82, 2.24) is 10.4 Å². The van der Waals surface area contributed by atoms with Crippen LogP contribution in [0.5, 0.6) is 0 Å². The molecule has 8 heteroatoms. The van der Waals surface area contributed by atoms with E-state index in [-0.39, 0.29) is 11.6 Å². The van der Waals surface area contributed by atoms with Crippen LogP contribution < -0.4 is 17.0 Å². The van der Waals surface area contributed by atoms with Crippen LogP contribution in [-0.4, -0.2) is 10.9 Å². The van der Waals surface area contributed by atoms with Crippen LogP contribution in [0.3, 0.4) is 0 Å². The van der Waals surface area contributed by atoms with E-state index in [2.05, 4.69) is 9.98 Å². The van der Waals surface area contributed by atoms with Crippen molar-refractivity contribution in [3.8, 4) is 0 Å². The summed E-state index contributed by atoms with van der Waals surface area (Å²) >= 11 is 0. The molecule has 0 aromatic carbocycles. The van der Waals surface area contributed by atoms with Crippen molar-refractivity contribution in [3.63, 3.8) is 0 Å². The first kappa shape index (κ1) is 11.2. The van der Waals surface area contributed by atoms with Crippen LogP contribution in [0.25, 0.3) is 0 Å². The number of pyridine rings is 1. The molecule has 1 aromatic heterocycles. The molecular weight excluding hydrogens is 211 g/mol. The van der Waals surface area contributed by atoms with Gasteiger partial charge in [0.05, 0.1) is 11.9 Å². The number of rotatable bonds is 1. The van der Waals surface area contributed by atoms with Gasteiger partial charge in [-0.05, 0) is 12.1 Å². The fourth-order valence-electron chi connectivity index (χ4n) is 0.791. The van der Waals surface area contributed by atoms with E-state index >= 15 is 0 Å². The Morgan fingerprint density at radius 1 is 1.40 bits per heavy atom. The zero-order chi connectivity index (χ0) is 11.5. The molecule has 0 spiro atoms. The van der Waals surface area contributed by atoms with Crippen LogP contribution >= 0.6 is 0 Å². The number of hydrazine groups is 1. The average Bonchev–Trinajstić information content (AvgIpc) is 2.17. The first-order chi connectivity index (χ1) is 6.93. The number of aliphatic imine (C=N–C) groups is 1. The smallest absolute Gasteiger partial charge is 0.369 e. The van der Waals surface area contributed by atoms with Crippen molar-refractivity contribution >= 4 is 11.6 Å². The van der Waals surface area contributed by atoms with Gasteiger partial charge in [0.15, 0.2) is 0 Å². The molecule has 5 N–H and O–H groups in total. The molecule has 0 fully saturated rings. The lowest BCUT2D eigenvalue weighted by Crippen LogP contribution is -2.36. The monoisotopic (exact) mass is 219 g/mol. The van der Waals surface area contributed by atoms with E-state index in [9.17, 15) is 13.2 Å². The predicted octanol–water partition coefficient (Wildman–Crippen LogP) is 0.510. The molecule has 1 heterocycles. The molecule has 1 aromatic rings. The van der Waals surface area contributed by atoms with Gasteiger partial charge in [-0.25, -0.2) is 15.8 Å². The van der Waals surface area contributed by atoms with Gasteiger partial charge in [-0.2, -0.15) is 13.2 Å². The van der Waals surface area contributed by atoms with E-state index in [4.69, 9.17) is 11.6 Å². The number of halogens is 3. The van der Waals surface area contributed by atoms with Crippen LogP contribution in [0.4, 0.5) is 18.9 Å². The summed E-state index contributed by atoms with van der Waals surface area (Å²) in [5.41, 5.74) is 6.42. The predicted molar refractivity (Wildman–Crippen MR) is 47.8 cm³/mol. The van der Waals surface area contributed by atoms with Gasteiger partial charge in [0, 0.05) is 0 Å². The van der Waals surface area contributed by atoms with E-state index in [1.54, 1.807) is 0 Å². The number of hydrogen-bond donors (Lipinski definition) is 3. The molecular formula is C7H8F3N5. The lowest BCUT2D eigenvalue weighted by atomic mass is 10.3. The molecule has 82 valence electrons. The number of nitrogens with two attached hydrogens (primary N) is 2. The molecule has 0 saturated carbocycles. The van der Waals surface area contributed by atoms with E-state index in [0.29, 0.717) is 0 Å². The molecule has 0 atom stereocenters. The van der Waals surface area contributed by atoms with Crippen LogP contribution in [0, 0.1) is 0 Å². The molecule has 0 aliphatic carbocycles. The summed E-state index contributed by atoms with van der Waals surface area (Å²) in [6.45, 7) is 0. The molecule has 0 amide bonds. The number of guanidine groups is 1. The Morgan fingerprint density at radius 3 is 2.47 bits per heavy atom. The summed E-state index contributed by atoms with van der Waals surface area (Å²) in [4.78, 5) is 6.81. The molecule has 0 radical (unpaired) electrons. The first-order valence-electron chi connectivity index (χ1n) is 3.77. The van der Waals surface area contributed by atoms with Crippen molar-refractivity contribution in [2.75, 3.05) is 0 Å². The Bertz CT molecular complexity index is 356. The number of alkyl halides is 3. The molecule has 15 heavy (non-hydrogen) atoms. The van der Waals surface area contributed by atoms with Crippen molar-refractivity contribution < 1.29 is 13.2 Å². The van der Waals surface area contributed by atoms with E-state index in [0.717, 1.165) is 18.3 Å². The van der Waals surface area contributed by atoms with Crippen molar-refractivity contribution in [2.45, 2.75) is 6.18 Å². The van der Waals surface area contributed by atoms with Crippen molar-refractivity contribution in [1.29, 1.82) is 0 Å². The Hall–Kier alpha value is -1.83. The normalized spacial score (nSPS) is 12.7. The minimum Gasteiger partial charge on any atom is -0.369 e. The van der Waals surface area contributed by atoms with Gasteiger partial charge < -0.3 is 5.73 Å². The zero-order valence-corrected chi connectivity index (χ0v) is 7.42. The van der Waals surface area contributed by atoms with E-state index in [1.807, 2.05) is 5.43 Å². The van der Waals surface area contributed by atoms with Crippen LogP contribution in [0.15, 0.2) is 23.3 Å². The number of aromatic nitrogens is 1. The van der Waals surface area contributed by atoms with E-state index in [1.165, 1.54) is 0 Å². The molecule has 0 saturated heterocycles. The van der Waals surface area contributed by atoms with Crippen LogP contribution in [0.1, 0.15) is 5.69 Å². The Labute approximate surface area is 83.0 Å². The summed E-state index contributed by atoms with van der Waals surface area (Å²) in [6.07, 6.45) is -3.51. The molecule has 1 rings (SSSR count). The van der Waals surface area contributed by atoms with Crippen molar-refractivity contribution in [2.24, 2.45) is 16.6 Å². The highest BCUT2D eigenvalue weighted by molar-refractivity contribution is 5.80. The maximum absolute atomic E-state index is 12.1. The summed E-state index contributed by atoms with van der Waals surface area (Å²) in [7, 11) is 0. The lowest BCUT2D eigenvalue weighted by molar-refractivity contribution is -0.141. The Balaban J connectivity index is 2.91. The number of nitrogens with zero attached hydrogens (tertiary/aromatic N) is 2. The zero-order valence-electron chi connectivity index (χ0n) is 7.42. The fraction of sp³-hybridized carbons (Fsp3) is 0.143. The number of hydrogen-bond acceptors (Lipinski definition) is 3. The molecule has 0 bridgehead atoms. The molecule has 0 aliphatic rings. The second-order valence-electron chi connectivity index (χ2n) is 2.54. The highest BCUT2D eigenvalue weighted by Gasteiger charge is 2.31. The third kappa shape index (κ3) is 3.09. The Kier molecular flexibility index (Phi) is 3.10. The average molecular weight is 219 g/mol. The molecule has 5 nitrogen and oxygen atoms in total.